The molecule has 0 unspecified atom stereocenters. The number of rotatable bonds is 2. The number of hydrogen-bond acceptors (Lipinski definition) is 7. The second kappa shape index (κ2) is 4.06. The molecule has 1 heterocycles. The highest BCUT2D eigenvalue weighted by Crippen LogP contribution is 2.17. The van der Waals surface area contributed by atoms with Gasteiger partial charge in [0, 0.05) is 0 Å². The van der Waals surface area contributed by atoms with Gasteiger partial charge in [-0.15, -0.1) is 0 Å². The summed E-state index contributed by atoms with van der Waals surface area (Å²) in [6.07, 6.45) is -6.38. The van der Waals surface area contributed by atoms with Crippen molar-refractivity contribution < 1.29 is 37.2 Å². The standard InChI is InChI=1S/C5H10O8S/c6-3-2(13-14(9,10)11)1-12-5(8)4(3)7/h2-8H,1H2,(H,9,10,11)/t2-,3+,4-,5-/m1/s1. The van der Waals surface area contributed by atoms with Crippen molar-refractivity contribution in [1.29, 1.82) is 0 Å². The minimum absolute atomic E-state index is 0.459. The molecule has 0 amide bonds. The zero-order valence-corrected chi connectivity index (χ0v) is 7.66. The van der Waals surface area contributed by atoms with Gasteiger partial charge in [-0.05, 0) is 0 Å². The third kappa shape index (κ3) is 2.85. The lowest BCUT2D eigenvalue weighted by atomic mass is 10.1. The molecule has 0 aromatic carbocycles. The van der Waals surface area contributed by atoms with Gasteiger partial charge >= 0.3 is 10.4 Å². The first-order chi connectivity index (χ1) is 6.31. The Balaban J connectivity index is 2.64. The molecule has 0 aliphatic carbocycles. The molecule has 84 valence electrons. The van der Waals surface area contributed by atoms with Gasteiger partial charge < -0.3 is 20.1 Å². The molecule has 0 spiro atoms. The highest BCUT2D eigenvalue weighted by Gasteiger charge is 2.40. The molecule has 9 heteroatoms. The van der Waals surface area contributed by atoms with E-state index >= 15 is 0 Å². The molecular formula is C5H10O8S. The van der Waals surface area contributed by atoms with Crippen LogP contribution < -0.4 is 0 Å². The van der Waals surface area contributed by atoms with E-state index in [2.05, 4.69) is 8.92 Å². The van der Waals surface area contributed by atoms with Crippen molar-refractivity contribution in [1.82, 2.24) is 0 Å². The second-order valence-corrected chi connectivity index (χ2v) is 3.82. The highest BCUT2D eigenvalue weighted by atomic mass is 32.3. The van der Waals surface area contributed by atoms with Crippen molar-refractivity contribution in [2.75, 3.05) is 6.61 Å². The molecule has 1 saturated heterocycles. The summed E-state index contributed by atoms with van der Waals surface area (Å²) in [7, 11) is -4.73. The Hall–Kier alpha value is -0.290. The number of aliphatic hydroxyl groups is 3. The van der Waals surface area contributed by atoms with E-state index in [1.165, 1.54) is 0 Å². The third-order valence-corrected chi connectivity index (χ3v) is 2.19. The van der Waals surface area contributed by atoms with Gasteiger partial charge in [-0.3, -0.25) is 4.55 Å². The molecule has 1 rings (SSSR count). The molecule has 4 N–H and O–H groups in total. The van der Waals surface area contributed by atoms with Crippen molar-refractivity contribution in [3.8, 4) is 0 Å². The monoisotopic (exact) mass is 230 g/mol. The van der Waals surface area contributed by atoms with Crippen molar-refractivity contribution in [2.24, 2.45) is 0 Å². The smallest absolute Gasteiger partial charge is 0.387 e. The fourth-order valence-corrected chi connectivity index (χ4v) is 1.50. The normalized spacial score (nSPS) is 39.7. The van der Waals surface area contributed by atoms with Crippen LogP contribution in [-0.4, -0.2) is 59.5 Å². The lowest BCUT2D eigenvalue weighted by Gasteiger charge is -2.33. The lowest BCUT2D eigenvalue weighted by molar-refractivity contribution is -0.247. The molecule has 8 nitrogen and oxygen atoms in total. The maximum Gasteiger partial charge on any atom is 0.397 e. The zero-order valence-electron chi connectivity index (χ0n) is 6.85. The summed E-state index contributed by atoms with van der Waals surface area (Å²) >= 11 is 0. The summed E-state index contributed by atoms with van der Waals surface area (Å²) < 4.78 is 37.2. The van der Waals surface area contributed by atoms with E-state index in [1.54, 1.807) is 0 Å². The molecule has 1 aliphatic rings. The quantitative estimate of drug-likeness (QED) is 0.375. The maximum atomic E-state index is 10.3. The molecular weight excluding hydrogens is 220 g/mol. The summed E-state index contributed by atoms with van der Waals surface area (Å²) in [6, 6.07) is 0. The SMILES string of the molecule is O=S(=O)(O)O[C@@H]1CO[C@@H](O)[C@H](O)[C@H]1O. The van der Waals surface area contributed by atoms with Crippen LogP contribution in [0.15, 0.2) is 0 Å². The fourth-order valence-electron chi connectivity index (χ4n) is 1.02. The Morgan fingerprint density at radius 2 is 1.79 bits per heavy atom. The van der Waals surface area contributed by atoms with E-state index in [0.717, 1.165) is 0 Å². The van der Waals surface area contributed by atoms with E-state index < -0.39 is 41.6 Å². The minimum atomic E-state index is -4.73. The van der Waals surface area contributed by atoms with Gasteiger partial charge in [0.2, 0.25) is 0 Å². The molecule has 0 bridgehead atoms. The van der Waals surface area contributed by atoms with Gasteiger partial charge in [-0.25, -0.2) is 4.18 Å². The Bertz CT molecular complexity index is 286. The van der Waals surface area contributed by atoms with Gasteiger partial charge in [-0.2, -0.15) is 8.42 Å². The Labute approximate surface area is 79.6 Å². The van der Waals surface area contributed by atoms with E-state index in [4.69, 9.17) is 14.8 Å². The molecule has 1 fully saturated rings. The number of ether oxygens (including phenoxy) is 1. The van der Waals surface area contributed by atoms with Crippen LogP contribution in [0.4, 0.5) is 0 Å². The lowest BCUT2D eigenvalue weighted by Crippen LogP contribution is -2.54. The maximum absolute atomic E-state index is 10.3. The van der Waals surface area contributed by atoms with Gasteiger partial charge in [0.15, 0.2) is 6.29 Å². The van der Waals surface area contributed by atoms with Crippen LogP contribution in [0.25, 0.3) is 0 Å². The highest BCUT2D eigenvalue weighted by molar-refractivity contribution is 7.80. The predicted molar refractivity (Wildman–Crippen MR) is 40.4 cm³/mol. The zero-order chi connectivity index (χ0) is 10.9. The van der Waals surface area contributed by atoms with Crippen LogP contribution in [-0.2, 0) is 19.3 Å². The van der Waals surface area contributed by atoms with Crippen LogP contribution in [0.3, 0.4) is 0 Å². The van der Waals surface area contributed by atoms with Gasteiger partial charge in [0.25, 0.3) is 0 Å². The van der Waals surface area contributed by atoms with Gasteiger partial charge in [0.05, 0.1) is 6.61 Å². The molecule has 0 saturated carbocycles. The molecule has 0 radical (unpaired) electrons. The molecule has 14 heavy (non-hydrogen) atoms. The molecule has 1 aliphatic heterocycles. The molecule has 0 aromatic rings. The second-order valence-electron chi connectivity index (χ2n) is 2.77. The first-order valence-corrected chi connectivity index (χ1v) is 4.99. The Morgan fingerprint density at radius 1 is 1.21 bits per heavy atom. The fraction of sp³-hybridized carbons (Fsp3) is 1.00. The Morgan fingerprint density at radius 3 is 2.29 bits per heavy atom. The topological polar surface area (TPSA) is 134 Å². The third-order valence-electron chi connectivity index (χ3n) is 1.70. The summed E-state index contributed by atoms with van der Waals surface area (Å²) in [5, 5.41) is 27.1. The average Bonchev–Trinajstić information content (AvgIpc) is 2.04. The summed E-state index contributed by atoms with van der Waals surface area (Å²) in [6.45, 7) is -0.459. The first kappa shape index (κ1) is 11.8. The number of aliphatic hydroxyl groups excluding tert-OH is 3. The Kier molecular flexibility index (Phi) is 3.42. The van der Waals surface area contributed by atoms with Crippen molar-refractivity contribution >= 4 is 10.4 Å². The van der Waals surface area contributed by atoms with Crippen LogP contribution >= 0.6 is 0 Å². The van der Waals surface area contributed by atoms with Crippen molar-refractivity contribution in [3.63, 3.8) is 0 Å². The van der Waals surface area contributed by atoms with E-state index in [0.29, 0.717) is 0 Å². The van der Waals surface area contributed by atoms with E-state index in [9.17, 15) is 13.5 Å². The van der Waals surface area contributed by atoms with Gasteiger partial charge in [-0.1, -0.05) is 0 Å². The van der Waals surface area contributed by atoms with Crippen LogP contribution in [0.1, 0.15) is 0 Å². The van der Waals surface area contributed by atoms with Crippen molar-refractivity contribution in [3.05, 3.63) is 0 Å². The van der Waals surface area contributed by atoms with E-state index in [-0.39, 0.29) is 0 Å². The van der Waals surface area contributed by atoms with Crippen molar-refractivity contribution in [2.45, 2.75) is 24.6 Å². The van der Waals surface area contributed by atoms with Crippen LogP contribution in [0, 0.1) is 0 Å². The molecule has 0 aromatic heterocycles. The minimum Gasteiger partial charge on any atom is -0.387 e. The number of hydrogen-bond donors (Lipinski definition) is 4. The average molecular weight is 230 g/mol. The first-order valence-electron chi connectivity index (χ1n) is 3.63. The summed E-state index contributed by atoms with van der Waals surface area (Å²) in [5.41, 5.74) is 0. The van der Waals surface area contributed by atoms with Crippen LogP contribution in [0.2, 0.25) is 0 Å². The van der Waals surface area contributed by atoms with Gasteiger partial charge in [0.1, 0.15) is 18.3 Å². The predicted octanol–water partition coefficient (Wildman–Crippen LogP) is -2.76. The summed E-state index contributed by atoms with van der Waals surface area (Å²) in [4.78, 5) is 0. The van der Waals surface area contributed by atoms with E-state index in [1.807, 2.05) is 0 Å². The largest absolute Gasteiger partial charge is 0.397 e. The summed E-state index contributed by atoms with van der Waals surface area (Å²) in [5.74, 6) is 0. The van der Waals surface area contributed by atoms with Crippen LogP contribution in [0.5, 0.6) is 0 Å². The molecule has 4 atom stereocenters.